The summed E-state index contributed by atoms with van der Waals surface area (Å²) in [5.41, 5.74) is -1.87. The third kappa shape index (κ3) is 2.09. The van der Waals surface area contributed by atoms with Crippen molar-refractivity contribution in [3.05, 3.63) is 40.1 Å². The first-order chi connectivity index (χ1) is 11.1. The minimum absolute atomic E-state index is 0.0248. The zero-order valence-electron chi connectivity index (χ0n) is 11.1. The summed E-state index contributed by atoms with van der Waals surface area (Å²) >= 11 is 12.0. The van der Waals surface area contributed by atoms with Gasteiger partial charge in [0.1, 0.15) is 23.0 Å². The van der Waals surface area contributed by atoms with E-state index in [0.29, 0.717) is 0 Å². The number of fused-ring (bicyclic) bond motifs is 2. The summed E-state index contributed by atoms with van der Waals surface area (Å²) in [6.45, 7) is 0. The molecule has 1 aliphatic rings. The van der Waals surface area contributed by atoms with Gasteiger partial charge in [-0.25, -0.2) is 0 Å². The van der Waals surface area contributed by atoms with E-state index in [1.54, 1.807) is 0 Å². The van der Waals surface area contributed by atoms with Crippen molar-refractivity contribution >= 4 is 75.3 Å². The van der Waals surface area contributed by atoms with Crippen LogP contribution in [0.25, 0.3) is 0 Å². The summed E-state index contributed by atoms with van der Waals surface area (Å²) in [6, 6.07) is 0. The van der Waals surface area contributed by atoms with E-state index >= 15 is 0 Å². The molecule has 10 heteroatoms. The Hall–Kier alpha value is -1.10. The highest BCUT2D eigenvalue weighted by molar-refractivity contribution is 9.13. The van der Waals surface area contributed by atoms with Gasteiger partial charge >= 0.3 is 0 Å². The SMILES string of the molecule is O=C1c2c(O)c(Br)c(Br)c(O)c2C(=O)c2c(O)c(Br)c(Br)c(O)c21. The first kappa shape index (κ1) is 17.7. The molecule has 0 spiro atoms. The molecule has 1 aliphatic carbocycles. The smallest absolute Gasteiger partial charge is 0.202 e. The van der Waals surface area contributed by atoms with Gasteiger partial charge in [-0.1, -0.05) is 0 Å². The Morgan fingerprint density at radius 1 is 0.458 bits per heavy atom. The fraction of sp³-hybridized carbons (Fsp3) is 0. The number of phenols is 4. The molecule has 2 aromatic rings. The number of aromatic hydroxyl groups is 4. The van der Waals surface area contributed by atoms with Crippen LogP contribution in [0.15, 0.2) is 17.9 Å². The molecule has 0 radical (unpaired) electrons. The zero-order chi connectivity index (χ0) is 18.1. The molecule has 0 fully saturated rings. The minimum Gasteiger partial charge on any atom is -0.506 e. The van der Waals surface area contributed by atoms with Crippen molar-refractivity contribution in [3.8, 4) is 23.0 Å². The number of ketones is 2. The number of phenolic OH excluding ortho intramolecular Hbond substituents is 4. The number of rotatable bonds is 0. The normalized spacial score (nSPS) is 13.0. The second kappa shape index (κ2) is 5.72. The van der Waals surface area contributed by atoms with E-state index < -0.39 is 56.8 Å². The van der Waals surface area contributed by atoms with Crippen LogP contribution in [-0.4, -0.2) is 32.0 Å². The van der Waals surface area contributed by atoms with Gasteiger partial charge in [0.05, 0.1) is 40.1 Å². The molecule has 0 atom stereocenters. The Labute approximate surface area is 167 Å². The molecule has 124 valence electrons. The summed E-state index contributed by atoms with van der Waals surface area (Å²) in [5, 5.41) is 40.9. The van der Waals surface area contributed by atoms with Crippen molar-refractivity contribution < 1.29 is 30.0 Å². The predicted molar refractivity (Wildman–Crippen MR) is 97.2 cm³/mol. The summed E-state index contributed by atoms with van der Waals surface area (Å²) in [7, 11) is 0. The summed E-state index contributed by atoms with van der Waals surface area (Å²) in [5.74, 6) is -4.12. The molecule has 0 amide bonds. The van der Waals surface area contributed by atoms with E-state index in [9.17, 15) is 30.0 Å². The lowest BCUT2D eigenvalue weighted by molar-refractivity contribution is 0.0968. The third-order valence-corrected chi connectivity index (χ3v) is 7.72. The van der Waals surface area contributed by atoms with Crippen LogP contribution in [0.4, 0.5) is 0 Å². The van der Waals surface area contributed by atoms with Crippen LogP contribution in [0.1, 0.15) is 31.8 Å². The summed E-state index contributed by atoms with van der Waals surface area (Å²) < 4.78 is -0.0991. The Bertz CT molecular complexity index is 829. The number of benzene rings is 2. The molecule has 0 aliphatic heterocycles. The van der Waals surface area contributed by atoms with Gasteiger partial charge in [-0.05, 0) is 63.7 Å². The third-order valence-electron chi connectivity index (χ3n) is 3.57. The molecule has 6 nitrogen and oxygen atoms in total. The van der Waals surface area contributed by atoms with Crippen LogP contribution in [0, 0.1) is 0 Å². The van der Waals surface area contributed by atoms with Gasteiger partial charge in [0, 0.05) is 0 Å². The van der Waals surface area contributed by atoms with E-state index in [4.69, 9.17) is 0 Å². The number of hydrogen-bond acceptors (Lipinski definition) is 6. The number of carbonyl (C=O) groups excluding carboxylic acids is 2. The van der Waals surface area contributed by atoms with Crippen molar-refractivity contribution in [3.63, 3.8) is 0 Å². The predicted octanol–water partition coefficient (Wildman–Crippen LogP) is 4.33. The fourth-order valence-corrected chi connectivity index (χ4v) is 4.01. The molecule has 2 aromatic carbocycles. The molecule has 0 unspecified atom stereocenters. The molecule has 0 saturated carbocycles. The molecule has 0 saturated heterocycles. The fourth-order valence-electron chi connectivity index (χ4n) is 2.46. The van der Waals surface area contributed by atoms with Crippen molar-refractivity contribution in [1.29, 1.82) is 0 Å². The molecular formula is C14H4Br4O6. The molecule has 24 heavy (non-hydrogen) atoms. The molecule has 4 N–H and O–H groups in total. The highest BCUT2D eigenvalue weighted by Gasteiger charge is 2.41. The molecule has 0 bridgehead atoms. The standard InChI is InChI=1S/C14H4Br4O6/c15-5-6(16)12(22)2-1(11(5)21)9(19)3-4(10(2)20)14(24)8(18)7(17)13(3)23/h21-24H. The molecule has 0 heterocycles. The Balaban J connectivity index is 2.53. The van der Waals surface area contributed by atoms with Gasteiger partial charge in [-0.2, -0.15) is 0 Å². The summed E-state index contributed by atoms with van der Waals surface area (Å²) in [6.07, 6.45) is 0. The van der Waals surface area contributed by atoms with Crippen LogP contribution < -0.4 is 0 Å². The molecular weight excluding hydrogens is 584 g/mol. The zero-order valence-corrected chi connectivity index (χ0v) is 17.5. The van der Waals surface area contributed by atoms with Crippen LogP contribution in [0.2, 0.25) is 0 Å². The first-order valence-corrected chi connectivity index (χ1v) is 9.23. The number of halogens is 4. The van der Waals surface area contributed by atoms with Gasteiger partial charge in [-0.15, -0.1) is 0 Å². The Morgan fingerprint density at radius 3 is 0.792 bits per heavy atom. The van der Waals surface area contributed by atoms with Crippen molar-refractivity contribution in [2.24, 2.45) is 0 Å². The van der Waals surface area contributed by atoms with E-state index in [1.165, 1.54) is 0 Å². The number of hydrogen-bond donors (Lipinski definition) is 4. The van der Waals surface area contributed by atoms with Crippen molar-refractivity contribution in [2.75, 3.05) is 0 Å². The lowest BCUT2D eigenvalue weighted by Gasteiger charge is -2.23. The van der Waals surface area contributed by atoms with E-state index in [1.807, 2.05) is 0 Å². The average Bonchev–Trinajstić information content (AvgIpc) is 2.55. The van der Waals surface area contributed by atoms with Gasteiger partial charge in [0.25, 0.3) is 0 Å². The van der Waals surface area contributed by atoms with Gasteiger partial charge < -0.3 is 20.4 Å². The quantitative estimate of drug-likeness (QED) is 0.291. The van der Waals surface area contributed by atoms with Crippen molar-refractivity contribution in [1.82, 2.24) is 0 Å². The van der Waals surface area contributed by atoms with Gasteiger partial charge in [0.15, 0.2) is 0 Å². The van der Waals surface area contributed by atoms with Crippen LogP contribution in [0.3, 0.4) is 0 Å². The van der Waals surface area contributed by atoms with Gasteiger partial charge in [0.2, 0.25) is 11.6 Å². The lowest BCUT2D eigenvalue weighted by atomic mass is 9.82. The second-order valence-corrected chi connectivity index (χ2v) is 7.98. The van der Waals surface area contributed by atoms with Gasteiger partial charge in [-0.3, -0.25) is 9.59 Å². The number of carbonyl (C=O) groups is 2. The van der Waals surface area contributed by atoms with Crippen molar-refractivity contribution in [2.45, 2.75) is 0 Å². The second-order valence-electron chi connectivity index (χ2n) is 4.81. The van der Waals surface area contributed by atoms with Crippen LogP contribution in [0.5, 0.6) is 23.0 Å². The van der Waals surface area contributed by atoms with Crippen LogP contribution in [-0.2, 0) is 0 Å². The Kier molecular flexibility index (Phi) is 4.22. The first-order valence-electron chi connectivity index (χ1n) is 6.06. The average molecular weight is 588 g/mol. The maximum Gasteiger partial charge on any atom is 0.202 e. The monoisotopic (exact) mass is 584 g/mol. The largest absolute Gasteiger partial charge is 0.506 e. The lowest BCUT2D eigenvalue weighted by Crippen LogP contribution is -2.22. The summed E-state index contributed by atoms with van der Waals surface area (Å²) in [4.78, 5) is 25.5. The maximum absolute atomic E-state index is 12.8. The molecule has 3 rings (SSSR count). The molecule has 0 aromatic heterocycles. The van der Waals surface area contributed by atoms with E-state index in [2.05, 4.69) is 63.7 Å². The maximum atomic E-state index is 12.8. The highest BCUT2D eigenvalue weighted by Crippen LogP contribution is 2.52. The van der Waals surface area contributed by atoms with Crippen LogP contribution >= 0.6 is 63.7 Å². The minimum atomic E-state index is -0.915. The van der Waals surface area contributed by atoms with E-state index in [0.717, 1.165) is 0 Å². The van der Waals surface area contributed by atoms with E-state index in [-0.39, 0.29) is 17.9 Å². The Morgan fingerprint density at radius 2 is 0.625 bits per heavy atom. The topological polar surface area (TPSA) is 115 Å². The highest BCUT2D eigenvalue weighted by atomic mass is 79.9.